The second kappa shape index (κ2) is 9.08. The number of nitrogens with zero attached hydrogens (tertiary/aromatic N) is 1. The SMILES string of the molecule is Cc1noc(C)c1CCCNC(=O)NCCc1ccc(CO)cc1. The minimum Gasteiger partial charge on any atom is -0.392 e. The van der Waals surface area contributed by atoms with E-state index < -0.39 is 0 Å². The number of urea groups is 1. The van der Waals surface area contributed by atoms with Crippen molar-refractivity contribution in [3.63, 3.8) is 0 Å². The summed E-state index contributed by atoms with van der Waals surface area (Å²) in [6.45, 7) is 5.08. The van der Waals surface area contributed by atoms with Crippen molar-refractivity contribution < 1.29 is 14.4 Å². The highest BCUT2D eigenvalue weighted by molar-refractivity contribution is 5.73. The number of nitrogens with one attached hydrogen (secondary N) is 2. The van der Waals surface area contributed by atoms with Gasteiger partial charge in [-0.2, -0.15) is 0 Å². The van der Waals surface area contributed by atoms with Gasteiger partial charge in [-0.25, -0.2) is 4.79 Å². The van der Waals surface area contributed by atoms with Crippen LogP contribution in [0.1, 0.15) is 34.6 Å². The zero-order valence-electron chi connectivity index (χ0n) is 14.3. The number of benzene rings is 1. The predicted molar refractivity (Wildman–Crippen MR) is 91.8 cm³/mol. The summed E-state index contributed by atoms with van der Waals surface area (Å²) in [7, 11) is 0. The zero-order chi connectivity index (χ0) is 17.4. The smallest absolute Gasteiger partial charge is 0.314 e. The average Bonchev–Trinajstić information content (AvgIpc) is 2.91. The molecule has 3 N–H and O–H groups in total. The maximum absolute atomic E-state index is 11.7. The fourth-order valence-corrected chi connectivity index (χ4v) is 2.52. The van der Waals surface area contributed by atoms with Gasteiger partial charge in [0.05, 0.1) is 12.3 Å². The van der Waals surface area contributed by atoms with E-state index in [1.165, 1.54) is 0 Å². The van der Waals surface area contributed by atoms with Gasteiger partial charge in [-0.3, -0.25) is 0 Å². The van der Waals surface area contributed by atoms with E-state index in [1.54, 1.807) is 0 Å². The highest BCUT2D eigenvalue weighted by Crippen LogP contribution is 2.13. The summed E-state index contributed by atoms with van der Waals surface area (Å²) in [6, 6.07) is 7.57. The number of hydrogen-bond acceptors (Lipinski definition) is 4. The van der Waals surface area contributed by atoms with Crippen molar-refractivity contribution in [1.29, 1.82) is 0 Å². The maximum Gasteiger partial charge on any atom is 0.314 e. The average molecular weight is 331 g/mol. The summed E-state index contributed by atoms with van der Waals surface area (Å²) in [4.78, 5) is 11.7. The Kier molecular flexibility index (Phi) is 6.81. The van der Waals surface area contributed by atoms with Gasteiger partial charge >= 0.3 is 6.03 Å². The van der Waals surface area contributed by atoms with Crippen LogP contribution in [-0.2, 0) is 19.4 Å². The largest absolute Gasteiger partial charge is 0.392 e. The first-order valence-electron chi connectivity index (χ1n) is 8.22. The van der Waals surface area contributed by atoms with Gasteiger partial charge in [-0.1, -0.05) is 29.4 Å². The van der Waals surface area contributed by atoms with E-state index in [4.69, 9.17) is 9.63 Å². The van der Waals surface area contributed by atoms with Gasteiger partial charge in [-0.05, 0) is 44.2 Å². The van der Waals surface area contributed by atoms with Gasteiger partial charge in [0.2, 0.25) is 0 Å². The van der Waals surface area contributed by atoms with Crippen molar-refractivity contribution in [2.45, 2.75) is 39.7 Å². The molecule has 0 atom stereocenters. The van der Waals surface area contributed by atoms with Crippen LogP contribution in [0.4, 0.5) is 4.79 Å². The number of carbonyl (C=O) groups is 1. The van der Waals surface area contributed by atoms with Crippen molar-refractivity contribution in [2.75, 3.05) is 13.1 Å². The minimum absolute atomic E-state index is 0.0505. The van der Waals surface area contributed by atoms with Crippen LogP contribution in [-0.4, -0.2) is 29.4 Å². The molecule has 1 aromatic heterocycles. The van der Waals surface area contributed by atoms with Gasteiger partial charge < -0.3 is 20.3 Å². The number of amides is 2. The quantitative estimate of drug-likeness (QED) is 0.648. The lowest BCUT2D eigenvalue weighted by Gasteiger charge is -2.08. The van der Waals surface area contributed by atoms with Crippen molar-refractivity contribution in [1.82, 2.24) is 15.8 Å². The Morgan fingerprint density at radius 1 is 1.08 bits per heavy atom. The Morgan fingerprint density at radius 3 is 2.38 bits per heavy atom. The van der Waals surface area contributed by atoms with Gasteiger partial charge in [0, 0.05) is 18.7 Å². The van der Waals surface area contributed by atoms with Crippen molar-refractivity contribution >= 4 is 6.03 Å². The molecule has 0 unspecified atom stereocenters. The van der Waals surface area contributed by atoms with E-state index in [2.05, 4.69) is 15.8 Å². The van der Waals surface area contributed by atoms with Crippen LogP contribution in [0, 0.1) is 13.8 Å². The number of aromatic nitrogens is 1. The molecular formula is C18H25N3O3. The van der Waals surface area contributed by atoms with Gasteiger partial charge in [-0.15, -0.1) is 0 Å². The Morgan fingerprint density at radius 2 is 1.75 bits per heavy atom. The van der Waals surface area contributed by atoms with E-state index in [9.17, 15) is 4.79 Å². The fourth-order valence-electron chi connectivity index (χ4n) is 2.52. The highest BCUT2D eigenvalue weighted by atomic mass is 16.5. The third-order valence-corrected chi connectivity index (χ3v) is 3.98. The molecule has 1 aromatic carbocycles. The monoisotopic (exact) mass is 331 g/mol. The number of aliphatic hydroxyl groups is 1. The third-order valence-electron chi connectivity index (χ3n) is 3.98. The molecule has 0 aliphatic rings. The molecule has 0 fully saturated rings. The molecule has 2 rings (SSSR count). The first kappa shape index (κ1) is 18.0. The molecule has 0 aliphatic carbocycles. The van der Waals surface area contributed by atoms with Crippen molar-refractivity contribution in [2.24, 2.45) is 0 Å². The summed E-state index contributed by atoms with van der Waals surface area (Å²) < 4.78 is 5.12. The molecule has 130 valence electrons. The summed E-state index contributed by atoms with van der Waals surface area (Å²) in [5.74, 6) is 0.851. The number of aryl methyl sites for hydroxylation is 2. The second-order valence-electron chi connectivity index (χ2n) is 5.81. The molecule has 2 aromatic rings. The Hall–Kier alpha value is -2.34. The molecule has 1 heterocycles. The van der Waals surface area contributed by atoms with Crippen LogP contribution in [0.15, 0.2) is 28.8 Å². The predicted octanol–water partition coefficient (Wildman–Crippen LogP) is 2.26. The van der Waals surface area contributed by atoms with Gasteiger partial charge in [0.1, 0.15) is 5.76 Å². The van der Waals surface area contributed by atoms with E-state index in [0.717, 1.165) is 47.4 Å². The molecule has 2 amide bonds. The lowest BCUT2D eigenvalue weighted by Crippen LogP contribution is -2.37. The van der Waals surface area contributed by atoms with Crippen LogP contribution in [0.3, 0.4) is 0 Å². The van der Waals surface area contributed by atoms with Gasteiger partial charge in [0.25, 0.3) is 0 Å². The Bertz CT molecular complexity index is 631. The maximum atomic E-state index is 11.7. The van der Waals surface area contributed by atoms with Crippen LogP contribution in [0.5, 0.6) is 0 Å². The molecule has 0 saturated carbocycles. The summed E-state index contributed by atoms with van der Waals surface area (Å²) in [5.41, 5.74) is 4.07. The number of rotatable bonds is 8. The third kappa shape index (κ3) is 5.38. The van der Waals surface area contributed by atoms with E-state index in [-0.39, 0.29) is 12.6 Å². The highest BCUT2D eigenvalue weighted by Gasteiger charge is 2.08. The lowest BCUT2D eigenvalue weighted by atomic mass is 10.1. The van der Waals surface area contributed by atoms with Gasteiger partial charge in [0.15, 0.2) is 0 Å². The summed E-state index contributed by atoms with van der Waals surface area (Å²) in [5, 5.41) is 18.6. The summed E-state index contributed by atoms with van der Waals surface area (Å²) in [6.07, 6.45) is 2.45. The van der Waals surface area contributed by atoms with Crippen molar-refractivity contribution in [3.05, 3.63) is 52.4 Å². The van der Waals surface area contributed by atoms with Crippen LogP contribution < -0.4 is 10.6 Å². The zero-order valence-corrected chi connectivity index (χ0v) is 14.3. The molecule has 24 heavy (non-hydrogen) atoms. The minimum atomic E-state index is -0.152. The van der Waals surface area contributed by atoms with E-state index in [1.807, 2.05) is 38.1 Å². The second-order valence-corrected chi connectivity index (χ2v) is 5.81. The molecule has 0 saturated heterocycles. The van der Waals surface area contributed by atoms with Crippen molar-refractivity contribution in [3.8, 4) is 0 Å². The van der Waals surface area contributed by atoms with Crippen LogP contribution in [0.25, 0.3) is 0 Å². The molecule has 0 spiro atoms. The Balaban J connectivity index is 1.59. The first-order chi connectivity index (χ1) is 11.6. The number of carbonyl (C=O) groups excluding carboxylic acids is 1. The van der Waals surface area contributed by atoms with Crippen LogP contribution in [0.2, 0.25) is 0 Å². The number of hydrogen-bond donors (Lipinski definition) is 3. The topological polar surface area (TPSA) is 87.4 Å². The molecule has 0 aliphatic heterocycles. The lowest BCUT2D eigenvalue weighted by molar-refractivity contribution is 0.241. The molecule has 0 bridgehead atoms. The summed E-state index contributed by atoms with van der Waals surface area (Å²) >= 11 is 0. The van der Waals surface area contributed by atoms with Crippen LogP contribution >= 0.6 is 0 Å². The fraction of sp³-hybridized carbons (Fsp3) is 0.444. The first-order valence-corrected chi connectivity index (χ1v) is 8.22. The molecule has 6 heteroatoms. The molecular weight excluding hydrogens is 306 g/mol. The normalized spacial score (nSPS) is 10.6. The molecule has 6 nitrogen and oxygen atoms in total. The Labute approximate surface area is 142 Å². The number of aliphatic hydroxyl groups excluding tert-OH is 1. The van der Waals surface area contributed by atoms with E-state index >= 15 is 0 Å². The molecule has 0 radical (unpaired) electrons. The standard InChI is InChI=1S/C18H25N3O3/c1-13-17(14(2)24-21-13)4-3-10-19-18(23)20-11-9-15-5-7-16(12-22)8-6-15/h5-8,22H,3-4,9-12H2,1-2H3,(H2,19,20,23). The van der Waals surface area contributed by atoms with E-state index in [0.29, 0.717) is 13.1 Å².